The van der Waals surface area contributed by atoms with Crippen molar-refractivity contribution in [2.75, 3.05) is 28.2 Å². The summed E-state index contributed by atoms with van der Waals surface area (Å²) >= 11 is 2.96. The van der Waals surface area contributed by atoms with Crippen LogP contribution < -0.4 is 9.62 Å². The van der Waals surface area contributed by atoms with Gasteiger partial charge in [0.25, 0.3) is 0 Å². The maximum Gasteiger partial charge on any atom is 0.232 e. The summed E-state index contributed by atoms with van der Waals surface area (Å²) in [6.07, 6.45) is 2.84. The number of thioether (sulfide) groups is 1. The molecule has 2 rings (SSSR count). The Bertz CT molecular complexity index is 913. The average Bonchev–Trinajstić information content (AvgIpc) is 3.05. The van der Waals surface area contributed by atoms with Crippen LogP contribution in [0.25, 0.3) is 0 Å². The van der Waals surface area contributed by atoms with E-state index in [9.17, 15) is 13.2 Å². The van der Waals surface area contributed by atoms with Gasteiger partial charge in [-0.2, -0.15) is 0 Å². The molecule has 1 N–H and O–H groups in total. The first-order chi connectivity index (χ1) is 13.2. The zero-order valence-electron chi connectivity index (χ0n) is 16.6. The summed E-state index contributed by atoms with van der Waals surface area (Å²) in [4.78, 5) is 12.2. The molecule has 10 heteroatoms. The first-order valence-electron chi connectivity index (χ1n) is 9.02. The van der Waals surface area contributed by atoms with E-state index in [2.05, 4.69) is 22.4 Å². The number of benzene rings is 1. The van der Waals surface area contributed by atoms with E-state index in [-0.39, 0.29) is 18.9 Å². The Balaban J connectivity index is 1.94. The predicted molar refractivity (Wildman–Crippen MR) is 117 cm³/mol. The minimum atomic E-state index is -3.44. The van der Waals surface area contributed by atoms with E-state index >= 15 is 0 Å². The Morgan fingerprint density at radius 3 is 2.71 bits per heavy atom. The molecule has 1 aromatic carbocycles. The molecule has 0 saturated heterocycles. The summed E-state index contributed by atoms with van der Waals surface area (Å²) in [6, 6.07) is 5.70. The highest BCUT2D eigenvalue weighted by Gasteiger charge is 2.19. The van der Waals surface area contributed by atoms with Gasteiger partial charge in [-0.05, 0) is 43.9 Å². The Kier molecular flexibility index (Phi) is 8.26. The van der Waals surface area contributed by atoms with Crippen molar-refractivity contribution in [2.45, 2.75) is 44.4 Å². The Labute approximate surface area is 175 Å². The number of hydrogen-bond donors (Lipinski definition) is 1. The van der Waals surface area contributed by atoms with Crippen molar-refractivity contribution in [3.63, 3.8) is 0 Å². The number of anilines is 2. The number of rotatable bonds is 10. The number of aromatic nitrogens is 2. The van der Waals surface area contributed by atoms with E-state index < -0.39 is 10.0 Å². The Hall–Kier alpha value is -1.65. The molecule has 0 unspecified atom stereocenters. The van der Waals surface area contributed by atoms with Crippen LogP contribution >= 0.6 is 23.1 Å². The SMILES string of the molecule is CCCSc1nnc(NC(=O)CCCN(c2cc(C)ccc2C)S(C)(=O)=O)s1. The van der Waals surface area contributed by atoms with Gasteiger partial charge in [0.05, 0.1) is 11.9 Å². The molecule has 0 fully saturated rings. The number of carbonyl (C=O) groups is 1. The van der Waals surface area contributed by atoms with Crippen LogP contribution in [0.5, 0.6) is 0 Å². The molecule has 0 radical (unpaired) electrons. The number of aryl methyl sites for hydroxylation is 2. The molecular weight excluding hydrogens is 416 g/mol. The van der Waals surface area contributed by atoms with E-state index in [1.807, 2.05) is 32.0 Å². The maximum atomic E-state index is 12.3. The number of carbonyl (C=O) groups excluding carboxylic acids is 1. The fraction of sp³-hybridized carbons (Fsp3) is 0.500. The molecule has 0 saturated carbocycles. The average molecular weight is 443 g/mol. The van der Waals surface area contributed by atoms with Gasteiger partial charge < -0.3 is 5.32 Å². The third-order valence-electron chi connectivity index (χ3n) is 3.88. The van der Waals surface area contributed by atoms with Gasteiger partial charge in [0, 0.05) is 18.7 Å². The third-order valence-corrected chi connectivity index (χ3v) is 7.24. The highest BCUT2D eigenvalue weighted by atomic mass is 32.2. The van der Waals surface area contributed by atoms with Crippen molar-refractivity contribution in [1.29, 1.82) is 0 Å². The molecule has 2 aromatic rings. The second-order valence-electron chi connectivity index (χ2n) is 6.50. The fourth-order valence-corrected chi connectivity index (χ4v) is 5.23. The lowest BCUT2D eigenvalue weighted by atomic mass is 10.1. The molecule has 1 aromatic heterocycles. The Morgan fingerprint density at radius 2 is 2.04 bits per heavy atom. The van der Waals surface area contributed by atoms with Crippen molar-refractivity contribution in [3.05, 3.63) is 29.3 Å². The van der Waals surface area contributed by atoms with E-state index in [1.165, 1.54) is 21.9 Å². The molecule has 154 valence electrons. The smallest absolute Gasteiger partial charge is 0.232 e. The number of nitrogens with zero attached hydrogens (tertiary/aromatic N) is 3. The van der Waals surface area contributed by atoms with Gasteiger partial charge in [-0.1, -0.05) is 42.2 Å². The quantitative estimate of drug-likeness (QED) is 0.444. The summed E-state index contributed by atoms with van der Waals surface area (Å²) < 4.78 is 26.7. The van der Waals surface area contributed by atoms with E-state index in [0.29, 0.717) is 17.2 Å². The van der Waals surface area contributed by atoms with Crippen LogP contribution in [0.1, 0.15) is 37.3 Å². The van der Waals surface area contributed by atoms with Gasteiger partial charge in [0.1, 0.15) is 0 Å². The first-order valence-corrected chi connectivity index (χ1v) is 12.7. The number of amides is 1. The lowest BCUT2D eigenvalue weighted by Crippen LogP contribution is -2.32. The molecule has 28 heavy (non-hydrogen) atoms. The maximum absolute atomic E-state index is 12.3. The highest BCUT2D eigenvalue weighted by Crippen LogP contribution is 2.26. The van der Waals surface area contributed by atoms with Crippen molar-refractivity contribution >= 4 is 49.8 Å². The lowest BCUT2D eigenvalue weighted by molar-refractivity contribution is -0.116. The molecule has 0 bridgehead atoms. The summed E-state index contributed by atoms with van der Waals surface area (Å²) in [5.74, 6) is 0.764. The molecule has 0 spiro atoms. The first kappa shape index (κ1) is 22.6. The molecule has 0 aliphatic rings. The lowest BCUT2D eigenvalue weighted by Gasteiger charge is -2.24. The van der Waals surface area contributed by atoms with Crippen LogP contribution in [-0.4, -0.2) is 43.1 Å². The van der Waals surface area contributed by atoms with Crippen LogP contribution in [0.15, 0.2) is 22.5 Å². The van der Waals surface area contributed by atoms with Gasteiger partial charge in [-0.25, -0.2) is 8.42 Å². The summed E-state index contributed by atoms with van der Waals surface area (Å²) in [7, 11) is -3.44. The van der Waals surface area contributed by atoms with Gasteiger partial charge in [-0.3, -0.25) is 9.10 Å². The van der Waals surface area contributed by atoms with Gasteiger partial charge in [0.2, 0.25) is 21.1 Å². The van der Waals surface area contributed by atoms with Gasteiger partial charge in [-0.15, -0.1) is 10.2 Å². The second-order valence-corrected chi connectivity index (χ2v) is 10.7. The topological polar surface area (TPSA) is 92.3 Å². The van der Waals surface area contributed by atoms with Crippen LogP contribution in [0, 0.1) is 13.8 Å². The minimum Gasteiger partial charge on any atom is -0.301 e. The molecule has 7 nitrogen and oxygen atoms in total. The molecule has 0 aliphatic carbocycles. The second kappa shape index (κ2) is 10.2. The Morgan fingerprint density at radius 1 is 1.29 bits per heavy atom. The van der Waals surface area contributed by atoms with E-state index in [1.54, 1.807) is 11.8 Å². The van der Waals surface area contributed by atoms with Gasteiger partial charge >= 0.3 is 0 Å². The van der Waals surface area contributed by atoms with Crippen LogP contribution in [0.3, 0.4) is 0 Å². The summed E-state index contributed by atoms with van der Waals surface area (Å²) in [6.45, 7) is 6.13. The highest BCUT2D eigenvalue weighted by molar-refractivity contribution is 8.01. The van der Waals surface area contributed by atoms with Gasteiger partial charge in [0.15, 0.2) is 4.34 Å². The van der Waals surface area contributed by atoms with Crippen molar-refractivity contribution in [3.8, 4) is 0 Å². The monoisotopic (exact) mass is 442 g/mol. The molecule has 0 atom stereocenters. The standard InChI is InChI=1S/C18H26N4O3S3/c1-5-11-26-18-21-20-17(27-18)19-16(23)7-6-10-22(28(4,24)25)15-12-13(2)8-9-14(15)3/h8-9,12H,5-7,10-11H2,1-4H3,(H,19,20,23). The zero-order chi connectivity index (χ0) is 20.7. The normalized spacial score (nSPS) is 11.4. The molecule has 1 amide bonds. The fourth-order valence-electron chi connectivity index (χ4n) is 2.53. The number of nitrogens with one attached hydrogen (secondary N) is 1. The summed E-state index contributed by atoms with van der Waals surface area (Å²) in [5.41, 5.74) is 2.52. The van der Waals surface area contributed by atoms with Crippen molar-refractivity contribution < 1.29 is 13.2 Å². The third kappa shape index (κ3) is 6.75. The zero-order valence-corrected chi connectivity index (χ0v) is 19.0. The minimum absolute atomic E-state index is 0.197. The number of sulfonamides is 1. The number of hydrogen-bond acceptors (Lipinski definition) is 7. The van der Waals surface area contributed by atoms with Crippen molar-refractivity contribution in [1.82, 2.24) is 10.2 Å². The van der Waals surface area contributed by atoms with Crippen molar-refractivity contribution in [2.24, 2.45) is 0 Å². The molecular formula is C18H26N4O3S3. The van der Waals surface area contributed by atoms with Crippen LogP contribution in [-0.2, 0) is 14.8 Å². The molecule has 0 aliphatic heterocycles. The van der Waals surface area contributed by atoms with E-state index in [0.717, 1.165) is 27.6 Å². The largest absolute Gasteiger partial charge is 0.301 e. The predicted octanol–water partition coefficient (Wildman–Crippen LogP) is 3.84. The summed E-state index contributed by atoms with van der Waals surface area (Å²) in [5, 5.41) is 11.2. The molecule has 1 heterocycles. The van der Waals surface area contributed by atoms with Crippen LogP contribution in [0.2, 0.25) is 0 Å². The van der Waals surface area contributed by atoms with E-state index in [4.69, 9.17) is 0 Å². The van der Waals surface area contributed by atoms with Crippen LogP contribution in [0.4, 0.5) is 10.8 Å².